The van der Waals surface area contributed by atoms with E-state index in [-0.39, 0.29) is 5.41 Å². The van der Waals surface area contributed by atoms with E-state index in [0.29, 0.717) is 13.0 Å². The van der Waals surface area contributed by atoms with Crippen molar-refractivity contribution in [1.82, 2.24) is 0 Å². The maximum Gasteiger partial charge on any atom is 0.332 e. The van der Waals surface area contributed by atoms with E-state index < -0.39 is 12.1 Å². The third-order valence-electron chi connectivity index (χ3n) is 2.10. The number of hydrogen-bond acceptors (Lipinski definition) is 3. The third-order valence-corrected chi connectivity index (χ3v) is 2.84. The number of rotatable bonds is 5. The molecular formula is C12H18O3S. The molecule has 90 valence electrons. The van der Waals surface area contributed by atoms with Gasteiger partial charge in [-0.3, -0.25) is 0 Å². The van der Waals surface area contributed by atoms with E-state index in [9.17, 15) is 4.79 Å². The SMILES string of the molecule is CC(C)(C)CC(OCc1ccsc1)C(=O)O. The van der Waals surface area contributed by atoms with Crippen molar-refractivity contribution in [3.8, 4) is 0 Å². The molecule has 1 N–H and O–H groups in total. The Balaban J connectivity index is 2.49. The fraction of sp³-hybridized carbons (Fsp3) is 0.583. The van der Waals surface area contributed by atoms with Crippen LogP contribution in [0, 0.1) is 5.41 Å². The molecule has 1 heterocycles. The second-order valence-corrected chi connectivity index (χ2v) is 5.81. The number of aliphatic carboxylic acids is 1. The Bertz CT molecular complexity index is 325. The van der Waals surface area contributed by atoms with E-state index in [1.54, 1.807) is 11.3 Å². The molecule has 0 aliphatic heterocycles. The van der Waals surface area contributed by atoms with Crippen LogP contribution in [0.2, 0.25) is 0 Å². The van der Waals surface area contributed by atoms with Crippen LogP contribution in [-0.4, -0.2) is 17.2 Å². The summed E-state index contributed by atoms with van der Waals surface area (Å²) in [6.07, 6.45) is -0.202. The van der Waals surface area contributed by atoms with Crippen molar-refractivity contribution in [1.29, 1.82) is 0 Å². The van der Waals surface area contributed by atoms with Crippen LogP contribution in [0.25, 0.3) is 0 Å². The molecule has 0 aromatic carbocycles. The Morgan fingerprint density at radius 1 is 1.56 bits per heavy atom. The van der Waals surface area contributed by atoms with Crippen LogP contribution in [0.1, 0.15) is 32.8 Å². The topological polar surface area (TPSA) is 46.5 Å². The summed E-state index contributed by atoms with van der Waals surface area (Å²) < 4.78 is 5.43. The number of carboxylic acid groups (broad SMARTS) is 1. The first-order chi connectivity index (χ1) is 7.38. The summed E-state index contributed by atoms with van der Waals surface area (Å²) in [5.74, 6) is -0.884. The van der Waals surface area contributed by atoms with E-state index in [1.165, 1.54) is 0 Å². The standard InChI is InChI=1S/C12H18O3S/c1-12(2,3)6-10(11(13)14)15-7-9-4-5-16-8-9/h4-5,8,10H,6-7H2,1-3H3,(H,13,14). The minimum absolute atomic E-state index is 0.0439. The number of hydrogen-bond donors (Lipinski definition) is 1. The molecule has 0 saturated carbocycles. The molecule has 3 nitrogen and oxygen atoms in total. The molecule has 1 unspecified atom stereocenters. The van der Waals surface area contributed by atoms with Crippen LogP contribution in [-0.2, 0) is 16.1 Å². The highest BCUT2D eigenvalue weighted by molar-refractivity contribution is 7.07. The van der Waals surface area contributed by atoms with Gasteiger partial charge in [-0.25, -0.2) is 4.79 Å². The second kappa shape index (κ2) is 5.46. The second-order valence-electron chi connectivity index (χ2n) is 5.03. The molecule has 16 heavy (non-hydrogen) atoms. The van der Waals surface area contributed by atoms with Gasteiger partial charge >= 0.3 is 5.97 Å². The minimum atomic E-state index is -0.884. The van der Waals surface area contributed by atoms with Gasteiger partial charge in [0.15, 0.2) is 6.10 Å². The lowest BCUT2D eigenvalue weighted by molar-refractivity contribution is -0.153. The predicted octanol–water partition coefficient (Wildman–Crippen LogP) is 3.15. The molecule has 1 aromatic rings. The van der Waals surface area contributed by atoms with Gasteiger partial charge in [-0.2, -0.15) is 11.3 Å². The van der Waals surface area contributed by atoms with Crippen LogP contribution < -0.4 is 0 Å². The highest BCUT2D eigenvalue weighted by Gasteiger charge is 2.25. The molecular weight excluding hydrogens is 224 g/mol. The zero-order valence-corrected chi connectivity index (χ0v) is 10.7. The van der Waals surface area contributed by atoms with E-state index in [1.807, 2.05) is 37.6 Å². The van der Waals surface area contributed by atoms with Crippen molar-refractivity contribution < 1.29 is 14.6 Å². The van der Waals surface area contributed by atoms with Crippen molar-refractivity contribution in [2.45, 2.75) is 39.9 Å². The molecule has 1 aromatic heterocycles. The summed E-state index contributed by atoms with van der Waals surface area (Å²) >= 11 is 1.59. The highest BCUT2D eigenvalue weighted by Crippen LogP contribution is 2.23. The Morgan fingerprint density at radius 2 is 2.25 bits per heavy atom. The lowest BCUT2D eigenvalue weighted by Crippen LogP contribution is -2.28. The summed E-state index contributed by atoms with van der Waals surface area (Å²) in [5.41, 5.74) is 0.989. The summed E-state index contributed by atoms with van der Waals surface area (Å²) in [5, 5.41) is 13.0. The van der Waals surface area contributed by atoms with E-state index in [4.69, 9.17) is 9.84 Å². The van der Waals surface area contributed by atoms with Gasteiger partial charge in [0.05, 0.1) is 6.61 Å². The van der Waals surface area contributed by atoms with Crippen LogP contribution in [0.4, 0.5) is 0 Å². The largest absolute Gasteiger partial charge is 0.479 e. The van der Waals surface area contributed by atoms with Gasteiger partial charge in [-0.05, 0) is 34.2 Å². The molecule has 0 bridgehead atoms. The smallest absolute Gasteiger partial charge is 0.332 e. The van der Waals surface area contributed by atoms with Crippen LogP contribution in [0.5, 0.6) is 0 Å². The van der Waals surface area contributed by atoms with Gasteiger partial charge in [0.25, 0.3) is 0 Å². The quantitative estimate of drug-likeness (QED) is 0.862. The van der Waals surface area contributed by atoms with Crippen molar-refractivity contribution in [3.63, 3.8) is 0 Å². The van der Waals surface area contributed by atoms with Gasteiger partial charge in [0, 0.05) is 0 Å². The maximum atomic E-state index is 11.0. The predicted molar refractivity (Wildman–Crippen MR) is 64.6 cm³/mol. The molecule has 0 aliphatic carbocycles. The van der Waals surface area contributed by atoms with Crippen molar-refractivity contribution >= 4 is 17.3 Å². The fourth-order valence-corrected chi connectivity index (χ4v) is 2.00. The van der Waals surface area contributed by atoms with Crippen molar-refractivity contribution in [2.24, 2.45) is 5.41 Å². The van der Waals surface area contributed by atoms with Crippen molar-refractivity contribution in [3.05, 3.63) is 22.4 Å². The summed E-state index contributed by atoms with van der Waals surface area (Å²) in [4.78, 5) is 11.0. The number of carbonyl (C=O) groups is 1. The normalized spacial score (nSPS) is 13.7. The Hall–Kier alpha value is -0.870. The minimum Gasteiger partial charge on any atom is -0.479 e. The summed E-state index contributed by atoms with van der Waals surface area (Å²) in [6, 6.07) is 1.95. The molecule has 0 fully saturated rings. The molecule has 4 heteroatoms. The molecule has 1 rings (SSSR count). The average molecular weight is 242 g/mol. The first-order valence-corrected chi connectivity index (χ1v) is 6.18. The zero-order chi connectivity index (χ0) is 12.2. The van der Waals surface area contributed by atoms with Gasteiger partial charge in [0.2, 0.25) is 0 Å². The van der Waals surface area contributed by atoms with Gasteiger partial charge in [-0.15, -0.1) is 0 Å². The molecule has 0 aliphatic rings. The number of carboxylic acids is 1. The Kier molecular flexibility index (Phi) is 4.50. The number of thiophene rings is 1. The van der Waals surface area contributed by atoms with Crippen LogP contribution in [0.3, 0.4) is 0 Å². The maximum absolute atomic E-state index is 11.0. The lowest BCUT2D eigenvalue weighted by atomic mass is 9.89. The number of ether oxygens (including phenoxy) is 1. The van der Waals surface area contributed by atoms with Crippen LogP contribution in [0.15, 0.2) is 16.8 Å². The average Bonchev–Trinajstić information content (AvgIpc) is 2.62. The van der Waals surface area contributed by atoms with E-state index in [2.05, 4.69) is 0 Å². The summed E-state index contributed by atoms with van der Waals surface area (Å²) in [7, 11) is 0. The Morgan fingerprint density at radius 3 is 2.69 bits per heavy atom. The highest BCUT2D eigenvalue weighted by atomic mass is 32.1. The van der Waals surface area contributed by atoms with E-state index >= 15 is 0 Å². The van der Waals surface area contributed by atoms with Gasteiger partial charge in [-0.1, -0.05) is 20.8 Å². The first kappa shape index (κ1) is 13.2. The summed E-state index contributed by atoms with van der Waals surface area (Å²) in [6.45, 7) is 6.40. The van der Waals surface area contributed by atoms with Gasteiger partial charge < -0.3 is 9.84 Å². The fourth-order valence-electron chi connectivity index (χ4n) is 1.35. The monoisotopic (exact) mass is 242 g/mol. The molecule has 0 saturated heterocycles. The van der Waals surface area contributed by atoms with E-state index in [0.717, 1.165) is 5.56 Å². The molecule has 1 atom stereocenters. The third kappa shape index (κ3) is 4.77. The van der Waals surface area contributed by atoms with Gasteiger partial charge in [0.1, 0.15) is 0 Å². The lowest BCUT2D eigenvalue weighted by Gasteiger charge is -2.23. The zero-order valence-electron chi connectivity index (χ0n) is 9.90. The first-order valence-electron chi connectivity index (χ1n) is 5.24. The Labute approximate surface area is 100 Å². The molecule has 0 radical (unpaired) electrons. The van der Waals surface area contributed by atoms with Crippen LogP contribution >= 0.6 is 11.3 Å². The van der Waals surface area contributed by atoms with Crippen molar-refractivity contribution in [2.75, 3.05) is 0 Å². The molecule has 0 amide bonds. The molecule has 0 spiro atoms.